The average Bonchev–Trinajstić information content (AvgIpc) is 3.11. The summed E-state index contributed by atoms with van der Waals surface area (Å²) < 4.78 is 12.6. The third-order valence-electron chi connectivity index (χ3n) is 3.70. The quantitative estimate of drug-likeness (QED) is 0.481. The molecular formula is C19H27N3O3S. The molecule has 1 heterocycles. The van der Waals surface area contributed by atoms with Crippen molar-refractivity contribution in [3.63, 3.8) is 0 Å². The third-order valence-corrected chi connectivity index (χ3v) is 4.66. The first kappa shape index (κ1) is 20.3. The standard InChI is InChI=1S/C19H27N3O3S/c1-15(2)8-12-25-13-10-20-18(23)14-26-19-21-9-11-22(19)16-4-6-17(24-3)7-5-16/h4-7,9,11,15H,8,10,12-14H2,1-3H3,(H,20,23). The zero-order chi connectivity index (χ0) is 18.8. The third kappa shape index (κ3) is 6.72. The van der Waals surface area contributed by atoms with Crippen LogP contribution in [0.5, 0.6) is 5.75 Å². The van der Waals surface area contributed by atoms with Gasteiger partial charge in [0.05, 0.1) is 19.5 Å². The van der Waals surface area contributed by atoms with E-state index in [1.165, 1.54) is 11.8 Å². The van der Waals surface area contributed by atoms with Crippen molar-refractivity contribution in [1.29, 1.82) is 0 Å². The first-order chi connectivity index (χ1) is 12.6. The van der Waals surface area contributed by atoms with Gasteiger partial charge in [-0.3, -0.25) is 9.36 Å². The number of hydrogen-bond donors (Lipinski definition) is 1. The highest BCUT2D eigenvalue weighted by Gasteiger charge is 2.09. The number of thioether (sulfide) groups is 1. The second-order valence-corrected chi connectivity index (χ2v) is 7.15. The summed E-state index contributed by atoms with van der Waals surface area (Å²) >= 11 is 1.41. The lowest BCUT2D eigenvalue weighted by molar-refractivity contribution is -0.118. The minimum Gasteiger partial charge on any atom is -0.497 e. The second kappa shape index (κ2) is 10.9. The SMILES string of the molecule is COc1ccc(-n2ccnc2SCC(=O)NCCOCCC(C)C)cc1. The van der Waals surface area contributed by atoms with E-state index in [4.69, 9.17) is 9.47 Å². The van der Waals surface area contributed by atoms with Crippen molar-refractivity contribution < 1.29 is 14.3 Å². The predicted molar refractivity (Wildman–Crippen MR) is 104 cm³/mol. The van der Waals surface area contributed by atoms with Crippen molar-refractivity contribution >= 4 is 17.7 Å². The maximum Gasteiger partial charge on any atom is 0.230 e. The molecule has 0 bridgehead atoms. The van der Waals surface area contributed by atoms with E-state index in [9.17, 15) is 4.79 Å². The van der Waals surface area contributed by atoms with Crippen LogP contribution in [0.25, 0.3) is 5.69 Å². The molecule has 26 heavy (non-hydrogen) atoms. The maximum atomic E-state index is 12.0. The molecule has 2 aromatic rings. The zero-order valence-corrected chi connectivity index (χ0v) is 16.4. The summed E-state index contributed by atoms with van der Waals surface area (Å²) in [7, 11) is 1.64. The Morgan fingerprint density at radius 2 is 2.04 bits per heavy atom. The maximum absolute atomic E-state index is 12.0. The molecule has 0 saturated heterocycles. The van der Waals surface area contributed by atoms with Gasteiger partial charge in [0.1, 0.15) is 5.75 Å². The minimum atomic E-state index is -0.0215. The van der Waals surface area contributed by atoms with E-state index in [1.807, 2.05) is 35.0 Å². The average molecular weight is 378 g/mol. The van der Waals surface area contributed by atoms with Crippen LogP contribution in [0, 0.1) is 5.92 Å². The molecule has 0 atom stereocenters. The van der Waals surface area contributed by atoms with Gasteiger partial charge in [-0.05, 0) is 36.6 Å². The number of amides is 1. The van der Waals surface area contributed by atoms with E-state index in [1.54, 1.807) is 13.3 Å². The van der Waals surface area contributed by atoms with Crippen LogP contribution in [0.2, 0.25) is 0 Å². The lowest BCUT2D eigenvalue weighted by Crippen LogP contribution is -2.29. The van der Waals surface area contributed by atoms with Gasteiger partial charge in [-0.15, -0.1) is 0 Å². The number of nitrogens with one attached hydrogen (secondary N) is 1. The number of hydrogen-bond acceptors (Lipinski definition) is 5. The van der Waals surface area contributed by atoms with Crippen LogP contribution >= 0.6 is 11.8 Å². The number of benzene rings is 1. The van der Waals surface area contributed by atoms with Crippen LogP contribution in [0.15, 0.2) is 41.8 Å². The van der Waals surface area contributed by atoms with Crippen LogP contribution in [0.4, 0.5) is 0 Å². The Morgan fingerprint density at radius 1 is 1.27 bits per heavy atom. The molecule has 2 rings (SSSR count). The lowest BCUT2D eigenvalue weighted by atomic mass is 10.1. The molecule has 1 aromatic heterocycles. The van der Waals surface area contributed by atoms with E-state index in [0.717, 1.165) is 29.6 Å². The second-order valence-electron chi connectivity index (χ2n) is 6.21. The van der Waals surface area contributed by atoms with E-state index >= 15 is 0 Å². The molecule has 0 fully saturated rings. The number of nitrogens with zero attached hydrogens (tertiary/aromatic N) is 2. The minimum absolute atomic E-state index is 0.0215. The molecule has 6 nitrogen and oxygen atoms in total. The highest BCUT2D eigenvalue weighted by Crippen LogP contribution is 2.22. The van der Waals surface area contributed by atoms with E-state index < -0.39 is 0 Å². The summed E-state index contributed by atoms with van der Waals surface area (Å²) in [5.41, 5.74) is 0.977. The normalized spacial score (nSPS) is 10.9. The van der Waals surface area contributed by atoms with Crippen molar-refractivity contribution in [2.75, 3.05) is 32.6 Å². The Kier molecular flexibility index (Phi) is 8.50. The van der Waals surface area contributed by atoms with Gasteiger partial charge in [0.25, 0.3) is 0 Å². The molecule has 1 N–H and O–H groups in total. The van der Waals surface area contributed by atoms with Crippen LogP contribution < -0.4 is 10.1 Å². The molecule has 142 valence electrons. The van der Waals surface area contributed by atoms with Crippen molar-refractivity contribution in [2.45, 2.75) is 25.4 Å². The number of carbonyl (C=O) groups is 1. The fourth-order valence-corrected chi connectivity index (χ4v) is 3.00. The Hall–Kier alpha value is -1.99. The summed E-state index contributed by atoms with van der Waals surface area (Å²) in [4.78, 5) is 16.3. The summed E-state index contributed by atoms with van der Waals surface area (Å²) in [6, 6.07) is 7.71. The van der Waals surface area contributed by atoms with Gasteiger partial charge in [0.2, 0.25) is 5.91 Å². The highest BCUT2D eigenvalue weighted by atomic mass is 32.2. The number of ether oxygens (including phenoxy) is 2. The summed E-state index contributed by atoms with van der Waals surface area (Å²) in [6.07, 6.45) is 4.65. The Balaban J connectivity index is 1.74. The number of methoxy groups -OCH3 is 1. The van der Waals surface area contributed by atoms with E-state index in [0.29, 0.717) is 24.8 Å². The Labute approximate surface area is 159 Å². The molecule has 0 aliphatic heterocycles. The molecule has 0 aliphatic rings. The largest absolute Gasteiger partial charge is 0.497 e. The first-order valence-corrected chi connectivity index (χ1v) is 9.73. The molecule has 1 aromatic carbocycles. The first-order valence-electron chi connectivity index (χ1n) is 8.75. The van der Waals surface area contributed by atoms with Crippen molar-refractivity contribution in [1.82, 2.24) is 14.9 Å². The van der Waals surface area contributed by atoms with E-state index in [2.05, 4.69) is 24.1 Å². The van der Waals surface area contributed by atoms with Gasteiger partial charge in [0.15, 0.2) is 5.16 Å². The van der Waals surface area contributed by atoms with Crippen molar-refractivity contribution in [2.24, 2.45) is 5.92 Å². The topological polar surface area (TPSA) is 65.4 Å². The fraction of sp³-hybridized carbons (Fsp3) is 0.474. The Morgan fingerprint density at radius 3 is 2.73 bits per heavy atom. The molecule has 1 amide bonds. The van der Waals surface area contributed by atoms with Crippen LogP contribution in [0.3, 0.4) is 0 Å². The number of rotatable bonds is 11. The smallest absolute Gasteiger partial charge is 0.230 e. The molecule has 0 spiro atoms. The molecule has 0 saturated carbocycles. The predicted octanol–water partition coefficient (Wildman–Crippen LogP) is 3.15. The van der Waals surface area contributed by atoms with Crippen LogP contribution in [-0.2, 0) is 9.53 Å². The number of imidazole rings is 1. The summed E-state index contributed by atoms with van der Waals surface area (Å²) in [5, 5.41) is 3.65. The molecular weight excluding hydrogens is 350 g/mol. The summed E-state index contributed by atoms with van der Waals surface area (Å²) in [5.74, 6) is 1.74. The van der Waals surface area contributed by atoms with Crippen molar-refractivity contribution in [3.05, 3.63) is 36.7 Å². The fourth-order valence-electron chi connectivity index (χ4n) is 2.20. The van der Waals surface area contributed by atoms with Gasteiger partial charge in [-0.2, -0.15) is 0 Å². The number of carbonyl (C=O) groups excluding carboxylic acids is 1. The van der Waals surface area contributed by atoms with Crippen LogP contribution in [0.1, 0.15) is 20.3 Å². The van der Waals surface area contributed by atoms with Gasteiger partial charge < -0.3 is 14.8 Å². The van der Waals surface area contributed by atoms with Gasteiger partial charge in [-0.25, -0.2) is 4.98 Å². The molecule has 0 unspecified atom stereocenters. The Bertz CT molecular complexity index is 671. The molecule has 0 radical (unpaired) electrons. The van der Waals surface area contributed by atoms with Gasteiger partial charge >= 0.3 is 0 Å². The van der Waals surface area contributed by atoms with Gasteiger partial charge in [0, 0.05) is 31.2 Å². The van der Waals surface area contributed by atoms with Gasteiger partial charge in [-0.1, -0.05) is 25.6 Å². The highest BCUT2D eigenvalue weighted by molar-refractivity contribution is 7.99. The zero-order valence-electron chi connectivity index (χ0n) is 15.6. The lowest BCUT2D eigenvalue weighted by Gasteiger charge is -2.09. The monoisotopic (exact) mass is 377 g/mol. The molecule has 7 heteroatoms. The van der Waals surface area contributed by atoms with E-state index in [-0.39, 0.29) is 5.91 Å². The summed E-state index contributed by atoms with van der Waals surface area (Å²) in [6.45, 7) is 6.14. The van der Waals surface area contributed by atoms with Crippen molar-refractivity contribution in [3.8, 4) is 11.4 Å². The van der Waals surface area contributed by atoms with Crippen LogP contribution in [-0.4, -0.2) is 48.1 Å². The molecule has 0 aliphatic carbocycles. The number of aromatic nitrogens is 2.